The van der Waals surface area contributed by atoms with Gasteiger partial charge in [0.25, 0.3) is 0 Å². The molecule has 1 aliphatic rings. The smallest absolute Gasteiger partial charge is 0.410 e. The van der Waals surface area contributed by atoms with Gasteiger partial charge in [-0.3, -0.25) is 0 Å². The maximum Gasteiger partial charge on any atom is 0.410 e. The van der Waals surface area contributed by atoms with Crippen LogP contribution < -0.4 is 0 Å². The summed E-state index contributed by atoms with van der Waals surface area (Å²) in [5.41, 5.74) is 1.59. The van der Waals surface area contributed by atoms with Crippen LogP contribution in [0.3, 0.4) is 0 Å². The summed E-state index contributed by atoms with van der Waals surface area (Å²) in [7, 11) is 0. The highest BCUT2D eigenvalue weighted by Gasteiger charge is 2.26. The fourth-order valence-corrected chi connectivity index (χ4v) is 2.72. The summed E-state index contributed by atoms with van der Waals surface area (Å²) in [6.45, 7) is 6.68. The summed E-state index contributed by atoms with van der Waals surface area (Å²) < 4.78 is 5.37. The van der Waals surface area contributed by atoms with Crippen molar-refractivity contribution in [1.82, 2.24) is 4.90 Å². The molecule has 1 amide bonds. The number of hydrogen-bond donors (Lipinski definition) is 0. The van der Waals surface area contributed by atoms with E-state index in [-0.39, 0.29) is 6.09 Å². The molecule has 104 valence electrons. The number of halogens is 2. The number of fused-ring (bicyclic) bond motifs is 1. The maximum absolute atomic E-state index is 12.0. The van der Waals surface area contributed by atoms with Crippen LogP contribution in [0.25, 0.3) is 0 Å². The van der Waals surface area contributed by atoms with E-state index in [0.29, 0.717) is 23.1 Å². The number of ether oxygens (including phenoxy) is 1. The van der Waals surface area contributed by atoms with Gasteiger partial charge in [-0.15, -0.1) is 0 Å². The van der Waals surface area contributed by atoms with Gasteiger partial charge in [-0.25, -0.2) is 4.79 Å². The first-order valence-electron chi connectivity index (χ1n) is 6.21. The van der Waals surface area contributed by atoms with Crippen LogP contribution in [-0.2, 0) is 17.7 Å². The van der Waals surface area contributed by atoms with Gasteiger partial charge < -0.3 is 9.64 Å². The molecule has 5 heteroatoms. The summed E-state index contributed by atoms with van der Waals surface area (Å²) in [6.07, 6.45) is 0.430. The van der Waals surface area contributed by atoms with Crippen LogP contribution in [0, 0.1) is 0 Å². The molecule has 0 atom stereocenters. The van der Waals surface area contributed by atoms with Gasteiger partial charge in [-0.1, -0.05) is 23.2 Å². The van der Waals surface area contributed by atoms with Crippen LogP contribution in [0.5, 0.6) is 0 Å². The van der Waals surface area contributed by atoms with Crippen LogP contribution in [0.1, 0.15) is 31.9 Å². The SMILES string of the molecule is CC(C)(C)OC(=O)N1CCc2c(Cl)cc(Cl)cc2C1. The van der Waals surface area contributed by atoms with E-state index in [2.05, 4.69) is 0 Å². The van der Waals surface area contributed by atoms with E-state index in [9.17, 15) is 4.79 Å². The van der Waals surface area contributed by atoms with E-state index in [1.807, 2.05) is 26.8 Å². The Bertz CT molecular complexity index is 509. The van der Waals surface area contributed by atoms with Crippen LogP contribution in [0.15, 0.2) is 12.1 Å². The Hall–Kier alpha value is -0.930. The first-order valence-corrected chi connectivity index (χ1v) is 6.96. The Kier molecular flexibility index (Phi) is 3.98. The van der Waals surface area contributed by atoms with E-state index in [1.165, 1.54) is 0 Å². The molecule has 0 saturated heterocycles. The van der Waals surface area contributed by atoms with Crippen molar-refractivity contribution in [3.8, 4) is 0 Å². The molecule has 0 aliphatic carbocycles. The van der Waals surface area contributed by atoms with E-state index < -0.39 is 5.60 Å². The first-order chi connectivity index (χ1) is 8.76. The van der Waals surface area contributed by atoms with Gasteiger partial charge >= 0.3 is 6.09 Å². The van der Waals surface area contributed by atoms with Crippen molar-refractivity contribution in [2.45, 2.75) is 39.3 Å². The monoisotopic (exact) mass is 301 g/mol. The second kappa shape index (κ2) is 5.22. The molecule has 2 rings (SSSR count). The summed E-state index contributed by atoms with van der Waals surface area (Å²) in [5.74, 6) is 0. The van der Waals surface area contributed by atoms with Gasteiger partial charge in [0.15, 0.2) is 0 Å². The number of rotatable bonds is 0. The summed E-state index contributed by atoms with van der Waals surface area (Å²) in [6, 6.07) is 3.60. The van der Waals surface area contributed by atoms with Gasteiger partial charge in [0.05, 0.1) is 0 Å². The molecule has 0 radical (unpaired) electrons. The molecule has 0 unspecified atom stereocenters. The molecule has 0 saturated carbocycles. The Labute approximate surface area is 123 Å². The number of hydrogen-bond acceptors (Lipinski definition) is 2. The van der Waals surface area contributed by atoms with E-state index in [1.54, 1.807) is 11.0 Å². The molecule has 1 aromatic carbocycles. The van der Waals surface area contributed by atoms with Crippen molar-refractivity contribution in [3.05, 3.63) is 33.3 Å². The molecular weight excluding hydrogens is 285 g/mol. The third-order valence-electron chi connectivity index (χ3n) is 2.90. The topological polar surface area (TPSA) is 29.5 Å². The van der Waals surface area contributed by atoms with Crippen LogP contribution in [0.4, 0.5) is 4.79 Å². The highest BCUT2D eigenvalue weighted by atomic mass is 35.5. The fourth-order valence-electron chi connectivity index (χ4n) is 2.09. The summed E-state index contributed by atoms with van der Waals surface area (Å²) in [5, 5.41) is 1.26. The van der Waals surface area contributed by atoms with E-state index in [0.717, 1.165) is 17.5 Å². The summed E-state index contributed by atoms with van der Waals surface area (Å²) >= 11 is 12.2. The predicted molar refractivity (Wildman–Crippen MR) is 76.8 cm³/mol. The van der Waals surface area contributed by atoms with Crippen molar-refractivity contribution >= 4 is 29.3 Å². The van der Waals surface area contributed by atoms with Crippen LogP contribution in [-0.4, -0.2) is 23.1 Å². The zero-order valence-corrected chi connectivity index (χ0v) is 12.8. The molecular formula is C14H17Cl2NO2. The van der Waals surface area contributed by atoms with Crippen molar-refractivity contribution in [1.29, 1.82) is 0 Å². The highest BCUT2D eigenvalue weighted by molar-refractivity contribution is 6.35. The van der Waals surface area contributed by atoms with E-state index in [4.69, 9.17) is 27.9 Å². The van der Waals surface area contributed by atoms with Gasteiger partial charge in [0, 0.05) is 23.1 Å². The number of benzene rings is 1. The number of carbonyl (C=O) groups is 1. The lowest BCUT2D eigenvalue weighted by atomic mass is 10.00. The highest BCUT2D eigenvalue weighted by Crippen LogP contribution is 2.30. The third kappa shape index (κ3) is 3.54. The Balaban J connectivity index is 2.16. The Morgan fingerprint density at radius 3 is 2.63 bits per heavy atom. The number of nitrogens with zero attached hydrogens (tertiary/aromatic N) is 1. The third-order valence-corrected chi connectivity index (χ3v) is 3.45. The summed E-state index contributed by atoms with van der Waals surface area (Å²) in [4.78, 5) is 13.7. The van der Waals surface area contributed by atoms with Crippen molar-refractivity contribution < 1.29 is 9.53 Å². The number of amides is 1. The molecule has 1 aliphatic heterocycles. The molecule has 0 aromatic heterocycles. The lowest BCUT2D eigenvalue weighted by Crippen LogP contribution is -2.39. The van der Waals surface area contributed by atoms with Crippen molar-refractivity contribution in [2.24, 2.45) is 0 Å². The van der Waals surface area contributed by atoms with Gasteiger partial charge in [-0.05, 0) is 50.5 Å². The average Bonchev–Trinajstić information content (AvgIpc) is 2.25. The zero-order chi connectivity index (χ0) is 14.2. The predicted octanol–water partition coefficient (Wildman–Crippen LogP) is 4.29. The minimum atomic E-state index is -0.483. The molecule has 19 heavy (non-hydrogen) atoms. The molecule has 0 spiro atoms. The van der Waals surface area contributed by atoms with Gasteiger partial charge in [-0.2, -0.15) is 0 Å². The average molecular weight is 302 g/mol. The first kappa shape index (κ1) is 14.5. The molecule has 3 nitrogen and oxygen atoms in total. The molecule has 0 fully saturated rings. The molecule has 0 N–H and O–H groups in total. The van der Waals surface area contributed by atoms with Crippen molar-refractivity contribution in [3.63, 3.8) is 0 Å². The Morgan fingerprint density at radius 1 is 1.32 bits per heavy atom. The molecule has 1 heterocycles. The second-order valence-electron chi connectivity index (χ2n) is 5.68. The molecule has 1 aromatic rings. The quantitative estimate of drug-likeness (QED) is 0.715. The van der Waals surface area contributed by atoms with E-state index >= 15 is 0 Å². The van der Waals surface area contributed by atoms with Crippen molar-refractivity contribution in [2.75, 3.05) is 6.54 Å². The molecule has 0 bridgehead atoms. The minimum Gasteiger partial charge on any atom is -0.444 e. The zero-order valence-electron chi connectivity index (χ0n) is 11.3. The largest absolute Gasteiger partial charge is 0.444 e. The van der Waals surface area contributed by atoms with Gasteiger partial charge in [0.2, 0.25) is 0 Å². The normalized spacial score (nSPS) is 15.1. The van der Waals surface area contributed by atoms with Crippen LogP contribution in [0.2, 0.25) is 10.0 Å². The standard InChI is InChI=1S/C14H17Cl2NO2/c1-14(2,3)19-13(18)17-5-4-11-9(8-17)6-10(15)7-12(11)16/h6-7H,4-5,8H2,1-3H3. The maximum atomic E-state index is 12.0. The lowest BCUT2D eigenvalue weighted by Gasteiger charge is -2.31. The minimum absolute atomic E-state index is 0.297. The second-order valence-corrected chi connectivity index (χ2v) is 6.52. The van der Waals surface area contributed by atoms with Gasteiger partial charge in [0.1, 0.15) is 5.60 Å². The lowest BCUT2D eigenvalue weighted by molar-refractivity contribution is 0.0224. The van der Waals surface area contributed by atoms with Crippen LogP contribution >= 0.6 is 23.2 Å². The Morgan fingerprint density at radius 2 is 2.00 bits per heavy atom. The fraction of sp³-hybridized carbons (Fsp3) is 0.500. The number of carbonyl (C=O) groups excluding carboxylic acids is 1.